The van der Waals surface area contributed by atoms with Crippen LogP contribution < -0.4 is 5.32 Å². The van der Waals surface area contributed by atoms with Crippen LogP contribution in [0.15, 0.2) is 10.6 Å². The maximum Gasteiger partial charge on any atom is 0.141 e. The molecule has 1 aromatic carbocycles. The molecule has 126 valence electrons. The van der Waals surface area contributed by atoms with Gasteiger partial charge in [-0.3, -0.25) is 0 Å². The van der Waals surface area contributed by atoms with Gasteiger partial charge < -0.3 is 14.9 Å². The summed E-state index contributed by atoms with van der Waals surface area (Å²) in [6, 6.07) is 2.09. The third kappa shape index (κ3) is 2.23. The van der Waals surface area contributed by atoms with Gasteiger partial charge in [-0.25, -0.2) is 0 Å². The third-order valence-corrected chi connectivity index (χ3v) is 5.13. The number of hydrogen-bond donors (Lipinski definition) is 2. The van der Waals surface area contributed by atoms with Crippen molar-refractivity contribution >= 4 is 5.69 Å². The zero-order valence-electron chi connectivity index (χ0n) is 15.1. The van der Waals surface area contributed by atoms with Gasteiger partial charge in [-0.15, -0.1) is 6.42 Å². The molecular formula is C20H24N2O2. The van der Waals surface area contributed by atoms with Crippen LogP contribution in [0.2, 0.25) is 0 Å². The number of anilines is 1. The van der Waals surface area contributed by atoms with E-state index in [0.717, 1.165) is 45.0 Å². The summed E-state index contributed by atoms with van der Waals surface area (Å²) in [5.74, 6) is 3.53. The van der Waals surface area contributed by atoms with Crippen LogP contribution in [-0.4, -0.2) is 21.9 Å². The highest BCUT2D eigenvalue weighted by Gasteiger charge is 2.41. The zero-order chi connectivity index (χ0) is 17.8. The first-order valence-corrected chi connectivity index (χ1v) is 8.22. The molecule has 1 aliphatic heterocycles. The Labute approximate surface area is 143 Å². The summed E-state index contributed by atoms with van der Waals surface area (Å²) < 4.78 is 5.33. The molecule has 0 unspecified atom stereocenters. The van der Waals surface area contributed by atoms with Crippen LogP contribution in [0.1, 0.15) is 54.8 Å². The lowest BCUT2D eigenvalue weighted by atomic mass is 9.75. The van der Waals surface area contributed by atoms with Crippen LogP contribution in [0.25, 0.3) is 11.1 Å². The van der Waals surface area contributed by atoms with Crippen molar-refractivity contribution in [3.8, 4) is 23.5 Å². The van der Waals surface area contributed by atoms with Crippen LogP contribution in [-0.2, 0) is 0 Å². The van der Waals surface area contributed by atoms with Gasteiger partial charge >= 0.3 is 0 Å². The second-order valence-corrected chi connectivity index (χ2v) is 7.33. The molecule has 2 heterocycles. The quantitative estimate of drug-likeness (QED) is 0.781. The molecule has 4 nitrogen and oxygen atoms in total. The Morgan fingerprint density at radius 3 is 2.54 bits per heavy atom. The van der Waals surface area contributed by atoms with Crippen LogP contribution in [0.4, 0.5) is 5.69 Å². The van der Waals surface area contributed by atoms with Gasteiger partial charge in [-0.2, -0.15) is 0 Å². The minimum Gasteiger partial charge on any atom is -0.390 e. The van der Waals surface area contributed by atoms with Gasteiger partial charge in [0.25, 0.3) is 0 Å². The summed E-state index contributed by atoms with van der Waals surface area (Å²) in [5.41, 5.74) is 6.24. The van der Waals surface area contributed by atoms with E-state index in [1.807, 2.05) is 34.6 Å². The molecule has 0 amide bonds. The van der Waals surface area contributed by atoms with Crippen molar-refractivity contribution in [1.82, 2.24) is 5.16 Å². The number of rotatable bonds is 1. The molecule has 2 N–H and O–H groups in total. The smallest absolute Gasteiger partial charge is 0.141 e. The number of aliphatic hydroxyl groups excluding tert-OH is 1. The van der Waals surface area contributed by atoms with Gasteiger partial charge in [-0.1, -0.05) is 18.0 Å². The van der Waals surface area contributed by atoms with Crippen LogP contribution in [0.5, 0.6) is 0 Å². The molecular weight excluding hydrogens is 300 g/mol. The minimum absolute atomic E-state index is 0.0681. The standard InChI is InChI=1S/C20H24N2O2/c1-8-14-15(17-12(4)22-24-13(17)5)9-10(2)18-16(14)11(3)19(23)20(6,7)21-18/h1,9,11,19,21,23H,2-7H3/t11-,19+/m0/s1. The molecule has 4 heteroatoms. The number of aliphatic hydroxyl groups is 1. The van der Waals surface area contributed by atoms with E-state index < -0.39 is 11.6 Å². The number of nitrogens with one attached hydrogen (secondary N) is 1. The topological polar surface area (TPSA) is 58.3 Å². The minimum atomic E-state index is -0.531. The first kappa shape index (κ1) is 16.6. The summed E-state index contributed by atoms with van der Waals surface area (Å²) >= 11 is 0. The molecule has 3 rings (SSSR count). The molecule has 0 saturated carbocycles. The van der Waals surface area contributed by atoms with Crippen LogP contribution in [0.3, 0.4) is 0 Å². The summed E-state index contributed by atoms with van der Waals surface area (Å²) in [5, 5.41) is 18.3. The van der Waals surface area contributed by atoms with Crippen molar-refractivity contribution in [2.24, 2.45) is 0 Å². The van der Waals surface area contributed by atoms with Crippen LogP contribution in [0, 0.1) is 33.1 Å². The summed E-state index contributed by atoms with van der Waals surface area (Å²) in [6.07, 6.45) is 5.36. The molecule has 0 fully saturated rings. The zero-order valence-corrected chi connectivity index (χ0v) is 15.1. The number of terminal acetylenes is 1. The van der Waals surface area contributed by atoms with E-state index in [1.54, 1.807) is 0 Å². The Balaban J connectivity index is 2.35. The van der Waals surface area contributed by atoms with Gasteiger partial charge in [0.15, 0.2) is 0 Å². The summed E-state index contributed by atoms with van der Waals surface area (Å²) in [6.45, 7) is 11.9. The number of benzene rings is 1. The third-order valence-electron chi connectivity index (χ3n) is 5.13. The monoisotopic (exact) mass is 324 g/mol. The maximum atomic E-state index is 10.7. The number of hydrogen-bond acceptors (Lipinski definition) is 4. The molecule has 0 spiro atoms. The van der Waals surface area contributed by atoms with E-state index in [2.05, 4.69) is 29.4 Å². The van der Waals surface area contributed by atoms with Gasteiger partial charge in [0, 0.05) is 28.3 Å². The number of fused-ring (bicyclic) bond motifs is 1. The molecule has 0 aliphatic carbocycles. The van der Waals surface area contributed by atoms with E-state index in [9.17, 15) is 5.11 Å². The Bertz CT molecular complexity index is 836. The SMILES string of the molecule is C#Cc1c(-c2c(C)noc2C)cc(C)c2c1[C@H](C)[C@@H](O)C(C)(C)N2. The van der Waals surface area contributed by atoms with Gasteiger partial charge in [-0.05, 0) is 51.8 Å². The largest absolute Gasteiger partial charge is 0.390 e. The number of aromatic nitrogens is 1. The Morgan fingerprint density at radius 2 is 2.00 bits per heavy atom. The average Bonchev–Trinajstić information content (AvgIpc) is 2.84. The maximum absolute atomic E-state index is 10.7. The van der Waals surface area contributed by atoms with Gasteiger partial charge in [0.2, 0.25) is 0 Å². The molecule has 24 heavy (non-hydrogen) atoms. The van der Waals surface area contributed by atoms with E-state index >= 15 is 0 Å². The molecule has 0 bridgehead atoms. The summed E-state index contributed by atoms with van der Waals surface area (Å²) in [4.78, 5) is 0. The molecule has 2 atom stereocenters. The fraction of sp³-hybridized carbons (Fsp3) is 0.450. The van der Waals surface area contributed by atoms with Gasteiger partial charge in [0.1, 0.15) is 5.76 Å². The highest BCUT2D eigenvalue weighted by Crippen LogP contribution is 2.46. The van der Waals surface area contributed by atoms with Gasteiger partial charge in [0.05, 0.1) is 17.3 Å². The lowest BCUT2D eigenvalue weighted by Crippen LogP contribution is -2.50. The summed E-state index contributed by atoms with van der Waals surface area (Å²) in [7, 11) is 0. The van der Waals surface area contributed by atoms with Crippen LogP contribution >= 0.6 is 0 Å². The number of nitrogens with zero attached hydrogens (tertiary/aromatic N) is 1. The van der Waals surface area contributed by atoms with E-state index in [4.69, 9.17) is 10.9 Å². The molecule has 1 aliphatic rings. The molecule has 1 aromatic heterocycles. The van der Waals surface area contributed by atoms with Crippen molar-refractivity contribution in [2.45, 2.75) is 59.1 Å². The Kier molecular flexibility index (Phi) is 3.73. The normalized spacial score (nSPS) is 21.8. The number of aryl methyl sites for hydroxylation is 3. The predicted octanol–water partition coefficient (Wildman–Crippen LogP) is 3.92. The molecule has 0 saturated heterocycles. The fourth-order valence-corrected chi connectivity index (χ4v) is 3.86. The first-order valence-electron chi connectivity index (χ1n) is 8.22. The van der Waals surface area contributed by atoms with E-state index in [-0.39, 0.29) is 5.92 Å². The highest BCUT2D eigenvalue weighted by atomic mass is 16.5. The first-order chi connectivity index (χ1) is 11.2. The average molecular weight is 324 g/mol. The molecule has 0 radical (unpaired) electrons. The fourth-order valence-electron chi connectivity index (χ4n) is 3.86. The van der Waals surface area contributed by atoms with E-state index in [0.29, 0.717) is 0 Å². The highest BCUT2D eigenvalue weighted by molar-refractivity contribution is 5.82. The Morgan fingerprint density at radius 1 is 1.33 bits per heavy atom. The Hall–Kier alpha value is -2.25. The lowest BCUT2D eigenvalue weighted by Gasteiger charge is -2.43. The van der Waals surface area contributed by atoms with Crippen molar-refractivity contribution in [3.63, 3.8) is 0 Å². The van der Waals surface area contributed by atoms with Crippen molar-refractivity contribution in [1.29, 1.82) is 0 Å². The van der Waals surface area contributed by atoms with E-state index in [1.165, 1.54) is 0 Å². The van der Waals surface area contributed by atoms with Crippen molar-refractivity contribution in [3.05, 3.63) is 34.2 Å². The van der Waals surface area contributed by atoms with Crippen molar-refractivity contribution in [2.75, 3.05) is 5.32 Å². The second-order valence-electron chi connectivity index (χ2n) is 7.33. The lowest BCUT2D eigenvalue weighted by molar-refractivity contribution is 0.0868. The molecule has 2 aromatic rings. The predicted molar refractivity (Wildman–Crippen MR) is 96.2 cm³/mol. The second kappa shape index (κ2) is 5.39. The van der Waals surface area contributed by atoms with Crippen molar-refractivity contribution < 1.29 is 9.63 Å².